The molecule has 2 aliphatic carbocycles. The fraction of sp³-hybridized carbons (Fsp3) is 0.650. The van der Waals surface area contributed by atoms with E-state index >= 15 is 0 Å². The molecule has 2 bridgehead atoms. The van der Waals surface area contributed by atoms with Gasteiger partial charge in [-0.05, 0) is 62.0 Å². The Morgan fingerprint density at radius 3 is 3.04 bits per heavy atom. The van der Waals surface area contributed by atoms with Crippen LogP contribution >= 0.6 is 0 Å². The summed E-state index contributed by atoms with van der Waals surface area (Å²) in [5.41, 5.74) is 2.32. The Labute approximate surface area is 138 Å². The second-order valence-electron chi connectivity index (χ2n) is 8.10. The van der Waals surface area contributed by atoms with Gasteiger partial charge in [-0.25, -0.2) is 0 Å². The van der Waals surface area contributed by atoms with Crippen LogP contribution in [-0.2, 0) is 16.0 Å². The fourth-order valence-electron chi connectivity index (χ4n) is 5.78. The van der Waals surface area contributed by atoms with Crippen LogP contribution in [0.3, 0.4) is 0 Å². The summed E-state index contributed by atoms with van der Waals surface area (Å²) in [7, 11) is 0. The summed E-state index contributed by atoms with van der Waals surface area (Å²) < 4.78 is 10.9. The van der Waals surface area contributed by atoms with Crippen LogP contribution in [0.25, 0.3) is 0 Å². The maximum Gasteiger partial charge on any atom is 0.313 e. The number of furan rings is 1. The third-order valence-corrected chi connectivity index (χ3v) is 6.88. The molecule has 1 saturated heterocycles. The highest BCUT2D eigenvalue weighted by molar-refractivity contribution is 5.80. The number of esters is 1. The number of aryl methyl sites for hydroxylation is 1. The molecule has 0 radical (unpaired) electrons. The molecule has 1 aliphatic heterocycles. The van der Waals surface area contributed by atoms with Gasteiger partial charge in [0, 0.05) is 5.41 Å². The van der Waals surface area contributed by atoms with Gasteiger partial charge >= 0.3 is 5.97 Å². The van der Waals surface area contributed by atoms with Crippen LogP contribution in [0, 0.1) is 22.7 Å². The van der Waals surface area contributed by atoms with Gasteiger partial charge in [0.05, 0.1) is 24.5 Å². The van der Waals surface area contributed by atoms with Crippen molar-refractivity contribution in [2.24, 2.45) is 22.7 Å². The van der Waals surface area contributed by atoms with Gasteiger partial charge < -0.3 is 9.15 Å². The molecule has 3 aliphatic rings. The summed E-state index contributed by atoms with van der Waals surface area (Å²) in [5.74, 6) is 0.770. The van der Waals surface area contributed by atoms with Crippen molar-refractivity contribution in [3.8, 4) is 0 Å². The monoisotopic (exact) mass is 314 g/mol. The van der Waals surface area contributed by atoms with Crippen LogP contribution in [0.4, 0.5) is 0 Å². The van der Waals surface area contributed by atoms with E-state index in [1.165, 1.54) is 17.6 Å². The second-order valence-corrected chi connectivity index (χ2v) is 8.10. The van der Waals surface area contributed by atoms with Crippen molar-refractivity contribution >= 4 is 5.97 Å². The fourth-order valence-corrected chi connectivity index (χ4v) is 5.78. The molecule has 4 atom stereocenters. The van der Waals surface area contributed by atoms with Crippen molar-refractivity contribution in [1.82, 2.24) is 0 Å². The van der Waals surface area contributed by atoms with Crippen molar-refractivity contribution in [2.45, 2.75) is 51.9 Å². The Morgan fingerprint density at radius 1 is 1.39 bits per heavy atom. The van der Waals surface area contributed by atoms with E-state index in [1.54, 1.807) is 6.26 Å². The minimum atomic E-state index is -0.315. The van der Waals surface area contributed by atoms with E-state index in [0.717, 1.165) is 38.5 Å². The first-order valence-electron chi connectivity index (χ1n) is 8.92. The van der Waals surface area contributed by atoms with Crippen LogP contribution < -0.4 is 0 Å². The minimum absolute atomic E-state index is 0.0534. The average Bonchev–Trinajstić information content (AvgIpc) is 3.04. The Kier molecular flexibility index (Phi) is 3.44. The number of carbonyl (C=O) groups is 1. The number of ether oxygens (including phenoxy) is 1. The van der Waals surface area contributed by atoms with E-state index in [9.17, 15) is 4.79 Å². The number of cyclic esters (lactones) is 1. The summed E-state index contributed by atoms with van der Waals surface area (Å²) >= 11 is 0. The van der Waals surface area contributed by atoms with Gasteiger partial charge in [-0.1, -0.05) is 25.5 Å². The van der Waals surface area contributed by atoms with Gasteiger partial charge in [0.1, 0.15) is 0 Å². The maximum absolute atomic E-state index is 12.9. The average molecular weight is 314 g/mol. The first-order chi connectivity index (χ1) is 11.1. The third-order valence-electron chi connectivity index (χ3n) is 6.88. The minimum Gasteiger partial charge on any atom is -0.472 e. The first-order valence-corrected chi connectivity index (χ1v) is 8.92. The zero-order valence-corrected chi connectivity index (χ0v) is 14.0. The highest BCUT2D eigenvalue weighted by atomic mass is 16.5. The number of rotatable bonds is 3. The van der Waals surface area contributed by atoms with E-state index in [4.69, 9.17) is 9.15 Å². The van der Waals surface area contributed by atoms with E-state index in [2.05, 4.69) is 13.5 Å². The van der Waals surface area contributed by atoms with E-state index in [1.807, 2.05) is 12.3 Å². The van der Waals surface area contributed by atoms with Gasteiger partial charge in [-0.2, -0.15) is 0 Å². The first kappa shape index (κ1) is 15.0. The van der Waals surface area contributed by atoms with Gasteiger partial charge in [0.25, 0.3) is 0 Å². The number of carbonyl (C=O) groups excluding carboxylic acids is 1. The van der Waals surface area contributed by atoms with Crippen molar-refractivity contribution in [1.29, 1.82) is 0 Å². The van der Waals surface area contributed by atoms with Crippen LogP contribution in [-0.4, -0.2) is 12.6 Å². The standard InChI is InChI=1S/C20H26O3/c1-14-4-7-17-19(2)9-3-10-20(17,18(21)23-13-19)16(14)6-5-15-8-11-22-12-15/h8,11-12,16-17H,1,3-7,9-10,13H2,2H3/t16-,17-,19-,20?/m0/s1. The van der Waals surface area contributed by atoms with E-state index in [-0.39, 0.29) is 22.7 Å². The summed E-state index contributed by atoms with van der Waals surface area (Å²) in [4.78, 5) is 12.9. The third kappa shape index (κ3) is 2.12. The summed E-state index contributed by atoms with van der Waals surface area (Å²) in [6.07, 6.45) is 10.9. The molecule has 3 nitrogen and oxygen atoms in total. The van der Waals surface area contributed by atoms with Gasteiger partial charge in [-0.15, -0.1) is 0 Å². The highest BCUT2D eigenvalue weighted by Crippen LogP contribution is 2.64. The maximum atomic E-state index is 12.9. The van der Waals surface area contributed by atoms with Crippen molar-refractivity contribution in [2.75, 3.05) is 6.61 Å². The molecule has 1 unspecified atom stereocenters. The Balaban J connectivity index is 1.68. The molecule has 1 aromatic rings. The lowest BCUT2D eigenvalue weighted by Gasteiger charge is -2.61. The quantitative estimate of drug-likeness (QED) is 0.608. The molecule has 0 amide bonds. The Bertz CT molecular complexity index is 617. The lowest BCUT2D eigenvalue weighted by Crippen LogP contribution is -2.61. The zero-order valence-electron chi connectivity index (χ0n) is 14.0. The molecule has 23 heavy (non-hydrogen) atoms. The van der Waals surface area contributed by atoms with Crippen LogP contribution in [0.15, 0.2) is 35.2 Å². The molecule has 3 heteroatoms. The SMILES string of the molecule is C=C1CC[C@@H]2C3(CCC[C@@]2(C)COC3=O)[C@H]1CCc1ccoc1. The molecular weight excluding hydrogens is 288 g/mol. The van der Waals surface area contributed by atoms with Crippen molar-refractivity contribution in [3.05, 3.63) is 36.3 Å². The predicted octanol–water partition coefficient (Wildman–Crippen LogP) is 4.53. The van der Waals surface area contributed by atoms with Gasteiger partial charge in [0.2, 0.25) is 0 Å². The molecule has 2 heterocycles. The van der Waals surface area contributed by atoms with E-state index in [0.29, 0.717) is 12.5 Å². The van der Waals surface area contributed by atoms with Crippen LogP contribution in [0.5, 0.6) is 0 Å². The molecular formula is C20H26O3. The largest absolute Gasteiger partial charge is 0.472 e. The van der Waals surface area contributed by atoms with Crippen LogP contribution in [0.1, 0.15) is 51.0 Å². The Morgan fingerprint density at radius 2 is 2.26 bits per heavy atom. The molecule has 4 rings (SSSR count). The molecule has 2 saturated carbocycles. The van der Waals surface area contributed by atoms with Crippen molar-refractivity contribution < 1.29 is 13.9 Å². The molecule has 0 aromatic carbocycles. The number of hydrogen-bond acceptors (Lipinski definition) is 3. The zero-order chi connectivity index (χ0) is 16.1. The molecule has 124 valence electrons. The predicted molar refractivity (Wildman–Crippen MR) is 87.7 cm³/mol. The highest BCUT2D eigenvalue weighted by Gasteiger charge is 2.64. The smallest absolute Gasteiger partial charge is 0.313 e. The second kappa shape index (κ2) is 5.25. The number of allylic oxidation sites excluding steroid dienone is 1. The summed E-state index contributed by atoms with van der Waals surface area (Å²) in [5, 5.41) is 0. The van der Waals surface area contributed by atoms with Crippen LogP contribution in [0.2, 0.25) is 0 Å². The molecule has 0 spiro atoms. The number of hydrogen-bond donors (Lipinski definition) is 0. The van der Waals surface area contributed by atoms with Gasteiger partial charge in [-0.3, -0.25) is 4.79 Å². The molecule has 3 fully saturated rings. The van der Waals surface area contributed by atoms with E-state index < -0.39 is 0 Å². The summed E-state index contributed by atoms with van der Waals surface area (Å²) in [6, 6.07) is 2.02. The van der Waals surface area contributed by atoms with Gasteiger partial charge in [0.15, 0.2) is 0 Å². The normalized spacial score (nSPS) is 39.7. The lowest BCUT2D eigenvalue weighted by molar-refractivity contribution is -0.207. The molecule has 1 aromatic heterocycles. The molecule has 0 N–H and O–H groups in total. The Hall–Kier alpha value is -1.51. The summed E-state index contributed by atoms with van der Waals surface area (Å²) in [6.45, 7) is 7.30. The lowest BCUT2D eigenvalue weighted by atomic mass is 9.45. The van der Waals surface area contributed by atoms with Crippen molar-refractivity contribution in [3.63, 3.8) is 0 Å². The topological polar surface area (TPSA) is 39.4 Å².